The molecule has 1 fully saturated rings. The molecule has 12 heavy (non-hydrogen) atoms. The van der Waals surface area contributed by atoms with Gasteiger partial charge in [-0.05, 0) is 29.4 Å². The number of fused-ring (bicyclic) bond motifs is 5. The monoisotopic (exact) mass is 162 g/mol. The van der Waals surface area contributed by atoms with E-state index in [1.54, 1.807) is 11.1 Å². The maximum Gasteiger partial charge on any atom is 0.432 e. The minimum atomic E-state index is -0.750. The van der Waals surface area contributed by atoms with Crippen LogP contribution in [0.2, 0.25) is 0 Å². The van der Waals surface area contributed by atoms with E-state index in [1.807, 2.05) is 0 Å². The van der Waals surface area contributed by atoms with Gasteiger partial charge in [0.15, 0.2) is 0 Å². The average molecular weight is 162 g/mol. The van der Waals surface area contributed by atoms with Gasteiger partial charge in [0.2, 0.25) is 0 Å². The minimum absolute atomic E-state index is 0.750. The fourth-order valence-electron chi connectivity index (χ4n) is 1.95. The number of benzene rings is 1. The summed E-state index contributed by atoms with van der Waals surface area (Å²) in [7, 11) is -0.750. The van der Waals surface area contributed by atoms with Crippen LogP contribution in [0.4, 0.5) is 0 Å². The Balaban J connectivity index is 0.000000169. The molecular weight excluding hydrogens is 151 g/mol. The van der Waals surface area contributed by atoms with Crippen molar-refractivity contribution >= 4 is 7.69 Å². The lowest BCUT2D eigenvalue weighted by Crippen LogP contribution is -1.75. The predicted octanol–water partition coefficient (Wildman–Crippen LogP) is 0.509. The van der Waals surface area contributed by atoms with E-state index in [0.29, 0.717) is 0 Å². The first kappa shape index (κ1) is 7.83. The highest BCUT2D eigenvalue weighted by atomic mass is 16.4. The van der Waals surface area contributed by atoms with Gasteiger partial charge in [-0.2, -0.15) is 0 Å². The zero-order valence-electron chi connectivity index (χ0n) is 6.77. The van der Waals surface area contributed by atoms with E-state index in [-0.39, 0.29) is 0 Å². The van der Waals surface area contributed by atoms with E-state index in [0.717, 1.165) is 11.8 Å². The third-order valence-electron chi connectivity index (χ3n) is 2.56. The van der Waals surface area contributed by atoms with Gasteiger partial charge < -0.3 is 10.0 Å². The summed E-state index contributed by atoms with van der Waals surface area (Å²) in [6.07, 6.45) is 1.43. The molecule has 0 heterocycles. The van der Waals surface area contributed by atoms with Crippen molar-refractivity contribution in [1.29, 1.82) is 0 Å². The molecule has 3 heteroatoms. The van der Waals surface area contributed by atoms with Crippen molar-refractivity contribution in [1.82, 2.24) is 0 Å². The van der Waals surface area contributed by atoms with Crippen molar-refractivity contribution in [3.05, 3.63) is 35.4 Å². The van der Waals surface area contributed by atoms with Crippen LogP contribution in [-0.4, -0.2) is 17.7 Å². The lowest BCUT2D eigenvalue weighted by molar-refractivity contribution is 0.448. The summed E-state index contributed by atoms with van der Waals surface area (Å²) in [5, 5.41) is 14.2. The molecule has 1 saturated carbocycles. The van der Waals surface area contributed by atoms with Crippen LogP contribution in [0.25, 0.3) is 0 Å². The van der Waals surface area contributed by atoms with Crippen LogP contribution in [0.1, 0.15) is 29.4 Å². The van der Waals surface area contributed by atoms with E-state index in [1.165, 1.54) is 6.42 Å². The molecule has 0 saturated heterocycles. The van der Waals surface area contributed by atoms with Gasteiger partial charge in [-0.3, -0.25) is 0 Å². The van der Waals surface area contributed by atoms with Crippen molar-refractivity contribution in [3.8, 4) is 0 Å². The Labute approximate surface area is 72.2 Å². The van der Waals surface area contributed by atoms with Crippen molar-refractivity contribution in [3.63, 3.8) is 0 Å². The number of hydrogen-bond donors (Lipinski definition) is 2. The van der Waals surface area contributed by atoms with Crippen LogP contribution in [0.15, 0.2) is 24.3 Å². The second-order valence-electron chi connectivity index (χ2n) is 3.26. The maximum atomic E-state index is 7.12. The Kier molecular flexibility index (Phi) is 1.91. The number of rotatable bonds is 0. The van der Waals surface area contributed by atoms with Crippen LogP contribution in [0.5, 0.6) is 0 Å². The van der Waals surface area contributed by atoms with Gasteiger partial charge >= 0.3 is 7.69 Å². The van der Waals surface area contributed by atoms with Crippen LogP contribution < -0.4 is 0 Å². The molecule has 2 atom stereocenters. The summed E-state index contributed by atoms with van der Waals surface area (Å²) in [6, 6.07) is 9.03. The smallest absolute Gasteiger partial charge is 0.430 e. The molecule has 0 aliphatic heterocycles. The van der Waals surface area contributed by atoms with Gasteiger partial charge in [-0.1, -0.05) is 24.3 Å². The molecule has 1 aromatic carbocycles. The second kappa shape index (κ2) is 2.92. The maximum absolute atomic E-state index is 7.12. The molecule has 0 spiro atoms. The van der Waals surface area contributed by atoms with Gasteiger partial charge in [0.1, 0.15) is 0 Å². The summed E-state index contributed by atoms with van der Waals surface area (Å²) in [5.41, 5.74) is 3.16. The Morgan fingerprint density at radius 3 is 2.08 bits per heavy atom. The zero-order chi connectivity index (χ0) is 8.55. The van der Waals surface area contributed by atoms with E-state index in [2.05, 4.69) is 24.3 Å². The van der Waals surface area contributed by atoms with E-state index in [4.69, 9.17) is 10.0 Å². The Morgan fingerprint density at radius 1 is 1.17 bits per heavy atom. The highest BCUT2D eigenvalue weighted by molar-refractivity contribution is 6.13. The first-order chi connectivity index (χ1) is 5.86. The molecule has 2 unspecified atom stereocenters. The lowest BCUT2D eigenvalue weighted by atomic mass is 10.2. The standard InChI is InChI=1S/C9H8.BH3O2/c1-2-6-4-7(3-1)9-5-8(6)9;2-1-3/h1-4,8-9H,5H2;1-3H. The minimum Gasteiger partial charge on any atom is -0.430 e. The van der Waals surface area contributed by atoms with Crippen molar-refractivity contribution < 1.29 is 10.0 Å². The molecule has 2 nitrogen and oxygen atoms in total. The number of hydrogen-bond acceptors (Lipinski definition) is 2. The summed E-state index contributed by atoms with van der Waals surface area (Å²) < 4.78 is 0. The fraction of sp³-hybridized carbons (Fsp3) is 0.333. The summed E-state index contributed by atoms with van der Waals surface area (Å²) in [6.45, 7) is 0. The largest absolute Gasteiger partial charge is 0.432 e. The van der Waals surface area contributed by atoms with Crippen LogP contribution >= 0.6 is 0 Å². The van der Waals surface area contributed by atoms with Gasteiger partial charge in [-0.15, -0.1) is 0 Å². The summed E-state index contributed by atoms with van der Waals surface area (Å²) in [4.78, 5) is 0. The lowest BCUT2D eigenvalue weighted by Gasteiger charge is -1.90. The molecule has 2 bridgehead atoms. The third kappa shape index (κ3) is 1.15. The highest BCUT2D eigenvalue weighted by Crippen LogP contribution is 2.59. The SMILES string of the molecule is OBO.c1cc2cc(c1)C1CC21. The highest BCUT2D eigenvalue weighted by Gasteiger charge is 2.43. The molecular formula is C9H11BO2. The van der Waals surface area contributed by atoms with Gasteiger partial charge in [0.25, 0.3) is 0 Å². The molecule has 2 N–H and O–H groups in total. The summed E-state index contributed by atoms with van der Waals surface area (Å²) >= 11 is 0. The quantitative estimate of drug-likeness (QED) is 0.545. The molecule has 1 aromatic rings. The second-order valence-corrected chi connectivity index (χ2v) is 3.26. The molecule has 0 aromatic heterocycles. The topological polar surface area (TPSA) is 40.5 Å². The molecule has 2 aliphatic carbocycles. The van der Waals surface area contributed by atoms with Gasteiger partial charge in [0.05, 0.1) is 0 Å². The normalized spacial score (nSPS) is 26.8. The predicted molar refractivity (Wildman–Crippen MR) is 48.1 cm³/mol. The molecule has 2 aliphatic rings. The zero-order valence-corrected chi connectivity index (χ0v) is 6.77. The molecule has 62 valence electrons. The molecule has 3 rings (SSSR count). The van der Waals surface area contributed by atoms with Gasteiger partial charge in [-0.25, -0.2) is 0 Å². The average Bonchev–Trinajstić information content (AvgIpc) is 2.80. The fourth-order valence-corrected chi connectivity index (χ4v) is 1.95. The van der Waals surface area contributed by atoms with Crippen LogP contribution in [0.3, 0.4) is 0 Å². The van der Waals surface area contributed by atoms with Crippen molar-refractivity contribution in [2.24, 2.45) is 0 Å². The van der Waals surface area contributed by atoms with Crippen molar-refractivity contribution in [2.45, 2.75) is 18.3 Å². The van der Waals surface area contributed by atoms with Crippen LogP contribution in [-0.2, 0) is 0 Å². The Hall–Kier alpha value is -0.795. The summed E-state index contributed by atoms with van der Waals surface area (Å²) in [5.74, 6) is 1.88. The third-order valence-corrected chi connectivity index (χ3v) is 2.56. The first-order valence-corrected chi connectivity index (χ1v) is 4.18. The van der Waals surface area contributed by atoms with Gasteiger partial charge in [0, 0.05) is 0 Å². The van der Waals surface area contributed by atoms with E-state index >= 15 is 0 Å². The van der Waals surface area contributed by atoms with E-state index in [9.17, 15) is 0 Å². The van der Waals surface area contributed by atoms with E-state index < -0.39 is 7.69 Å². The van der Waals surface area contributed by atoms with Crippen LogP contribution in [0, 0.1) is 0 Å². The molecule has 0 radical (unpaired) electrons. The van der Waals surface area contributed by atoms with Crippen molar-refractivity contribution in [2.75, 3.05) is 0 Å². The Morgan fingerprint density at radius 2 is 1.67 bits per heavy atom. The Bertz CT molecular complexity index is 264. The first-order valence-electron chi connectivity index (χ1n) is 4.18. The molecule has 0 amide bonds.